The van der Waals surface area contributed by atoms with Crippen LogP contribution in [0.5, 0.6) is 0 Å². The lowest BCUT2D eigenvalue weighted by molar-refractivity contribution is -0.132. The van der Waals surface area contributed by atoms with Gasteiger partial charge in [0.15, 0.2) is 0 Å². The summed E-state index contributed by atoms with van der Waals surface area (Å²) in [5.41, 5.74) is 1.83. The normalized spacial score (nSPS) is 12.4. The van der Waals surface area contributed by atoms with Crippen molar-refractivity contribution in [1.29, 1.82) is 0 Å². The SMILES string of the molecule is CCCCCCCCCCCCC(CCCCCCCCCCCC)/C(CC)=C(\C)C(=O)O. The quantitative estimate of drug-likeness (QED) is 0.108. The molecule has 0 saturated heterocycles. The first-order chi connectivity index (χ1) is 16.1. The van der Waals surface area contributed by atoms with Crippen LogP contribution in [0.3, 0.4) is 0 Å². The minimum atomic E-state index is -0.719. The van der Waals surface area contributed by atoms with Crippen molar-refractivity contribution >= 4 is 5.97 Å². The number of hydrogen-bond donors (Lipinski definition) is 1. The van der Waals surface area contributed by atoms with E-state index in [1.54, 1.807) is 0 Å². The van der Waals surface area contributed by atoms with Gasteiger partial charge < -0.3 is 5.11 Å². The van der Waals surface area contributed by atoms with Crippen LogP contribution in [-0.2, 0) is 4.79 Å². The van der Waals surface area contributed by atoms with Crippen LogP contribution < -0.4 is 0 Å². The van der Waals surface area contributed by atoms with E-state index in [0.29, 0.717) is 11.5 Å². The highest BCUT2D eigenvalue weighted by Gasteiger charge is 2.18. The van der Waals surface area contributed by atoms with E-state index in [0.717, 1.165) is 6.42 Å². The van der Waals surface area contributed by atoms with E-state index in [-0.39, 0.29) is 0 Å². The van der Waals surface area contributed by atoms with Gasteiger partial charge in [0.25, 0.3) is 0 Å². The third-order valence-corrected chi connectivity index (χ3v) is 7.49. The summed E-state index contributed by atoms with van der Waals surface area (Å²) in [6.45, 7) is 8.53. The molecular formula is C31H60O2. The molecule has 33 heavy (non-hydrogen) atoms. The van der Waals surface area contributed by atoms with E-state index < -0.39 is 5.97 Å². The highest BCUT2D eigenvalue weighted by molar-refractivity contribution is 5.86. The highest BCUT2D eigenvalue weighted by Crippen LogP contribution is 2.30. The minimum Gasteiger partial charge on any atom is -0.478 e. The molecule has 0 radical (unpaired) electrons. The van der Waals surface area contributed by atoms with E-state index in [9.17, 15) is 9.90 Å². The standard InChI is InChI=1S/C31H60O2/c1-5-8-10-12-14-16-18-20-22-24-26-29(30(7-3)28(4)31(32)33)27-25-23-21-19-17-15-13-11-9-6-2/h29H,5-27H2,1-4H3,(H,32,33)/b30-28+. The summed E-state index contributed by atoms with van der Waals surface area (Å²) in [5, 5.41) is 9.57. The van der Waals surface area contributed by atoms with Crippen LogP contribution >= 0.6 is 0 Å². The lowest BCUT2D eigenvalue weighted by Gasteiger charge is -2.21. The summed E-state index contributed by atoms with van der Waals surface area (Å²) >= 11 is 0. The molecule has 0 unspecified atom stereocenters. The van der Waals surface area contributed by atoms with Crippen molar-refractivity contribution in [2.24, 2.45) is 5.92 Å². The van der Waals surface area contributed by atoms with Gasteiger partial charge in [-0.3, -0.25) is 0 Å². The van der Waals surface area contributed by atoms with Gasteiger partial charge in [-0.2, -0.15) is 0 Å². The highest BCUT2D eigenvalue weighted by atomic mass is 16.4. The van der Waals surface area contributed by atoms with Gasteiger partial charge in [-0.15, -0.1) is 0 Å². The van der Waals surface area contributed by atoms with Gasteiger partial charge in [-0.05, 0) is 32.1 Å². The molecule has 1 N–H and O–H groups in total. The molecule has 0 aliphatic heterocycles. The molecule has 0 fully saturated rings. The maximum absolute atomic E-state index is 11.6. The summed E-state index contributed by atoms with van der Waals surface area (Å²) in [5.74, 6) is -0.239. The van der Waals surface area contributed by atoms with E-state index in [4.69, 9.17) is 0 Å². The molecule has 2 heteroatoms. The summed E-state index contributed by atoms with van der Waals surface area (Å²) in [7, 11) is 0. The molecule has 0 atom stereocenters. The summed E-state index contributed by atoms with van der Waals surface area (Å²) in [4.78, 5) is 11.6. The fourth-order valence-electron chi connectivity index (χ4n) is 5.25. The maximum Gasteiger partial charge on any atom is 0.331 e. The Bertz CT molecular complexity index is 442. The van der Waals surface area contributed by atoms with Crippen LogP contribution in [0.2, 0.25) is 0 Å². The van der Waals surface area contributed by atoms with Crippen molar-refractivity contribution in [3.8, 4) is 0 Å². The number of unbranched alkanes of at least 4 members (excludes halogenated alkanes) is 18. The summed E-state index contributed by atoms with van der Waals surface area (Å²) in [6, 6.07) is 0. The molecule has 0 amide bonds. The van der Waals surface area contributed by atoms with Crippen molar-refractivity contribution in [2.45, 2.75) is 175 Å². The van der Waals surface area contributed by atoms with Crippen LogP contribution in [0.4, 0.5) is 0 Å². The average molecular weight is 465 g/mol. The molecule has 0 saturated carbocycles. The Morgan fingerprint density at radius 3 is 1.12 bits per heavy atom. The third-order valence-electron chi connectivity index (χ3n) is 7.49. The first-order valence-electron chi connectivity index (χ1n) is 15.0. The predicted molar refractivity (Wildman–Crippen MR) is 147 cm³/mol. The molecular weight excluding hydrogens is 404 g/mol. The monoisotopic (exact) mass is 464 g/mol. The van der Waals surface area contributed by atoms with Crippen LogP contribution in [0.1, 0.15) is 175 Å². The van der Waals surface area contributed by atoms with Gasteiger partial charge >= 0.3 is 5.97 Å². The van der Waals surface area contributed by atoms with Gasteiger partial charge in [-0.1, -0.05) is 155 Å². The minimum absolute atomic E-state index is 0.481. The lowest BCUT2D eigenvalue weighted by atomic mass is 9.84. The second-order valence-corrected chi connectivity index (χ2v) is 10.4. The fraction of sp³-hybridized carbons (Fsp3) is 0.903. The third kappa shape index (κ3) is 19.2. The molecule has 0 aliphatic rings. The van der Waals surface area contributed by atoms with Crippen LogP contribution in [-0.4, -0.2) is 11.1 Å². The van der Waals surface area contributed by atoms with Crippen LogP contribution in [0.25, 0.3) is 0 Å². The Labute approximate surface area is 208 Å². The smallest absolute Gasteiger partial charge is 0.331 e. The van der Waals surface area contributed by atoms with Crippen molar-refractivity contribution in [2.75, 3.05) is 0 Å². The molecule has 0 heterocycles. The molecule has 0 aromatic rings. The molecule has 196 valence electrons. The zero-order chi connectivity index (χ0) is 24.6. The molecule has 0 spiro atoms. The van der Waals surface area contributed by atoms with E-state index in [1.807, 2.05) is 6.92 Å². The zero-order valence-electron chi connectivity index (χ0n) is 23.2. The second-order valence-electron chi connectivity index (χ2n) is 10.4. The first kappa shape index (κ1) is 32.2. The predicted octanol–water partition coefficient (Wildman–Crippen LogP) is 11.0. The summed E-state index contributed by atoms with van der Waals surface area (Å²) < 4.78 is 0. The molecule has 0 aliphatic carbocycles. The molecule has 0 bridgehead atoms. The van der Waals surface area contributed by atoms with Crippen molar-refractivity contribution in [3.63, 3.8) is 0 Å². The van der Waals surface area contributed by atoms with Gasteiger partial charge in [-0.25, -0.2) is 4.79 Å². The van der Waals surface area contributed by atoms with E-state index in [2.05, 4.69) is 20.8 Å². The molecule has 0 aromatic carbocycles. The largest absolute Gasteiger partial charge is 0.478 e. The Hall–Kier alpha value is -0.790. The number of aliphatic carboxylic acids is 1. The number of carboxylic acids is 1. The topological polar surface area (TPSA) is 37.3 Å². The maximum atomic E-state index is 11.6. The lowest BCUT2D eigenvalue weighted by Crippen LogP contribution is -2.11. The van der Waals surface area contributed by atoms with Gasteiger partial charge in [0.05, 0.1) is 0 Å². The zero-order valence-corrected chi connectivity index (χ0v) is 23.2. The Balaban J connectivity index is 4.21. The molecule has 0 aromatic heterocycles. The number of allylic oxidation sites excluding steroid dienone is 1. The van der Waals surface area contributed by atoms with Crippen molar-refractivity contribution < 1.29 is 9.90 Å². The fourth-order valence-corrected chi connectivity index (χ4v) is 5.25. The number of carbonyl (C=O) groups is 1. The number of carboxylic acid groups (broad SMARTS) is 1. The van der Waals surface area contributed by atoms with Crippen molar-refractivity contribution in [1.82, 2.24) is 0 Å². The average Bonchev–Trinajstić information content (AvgIpc) is 2.81. The number of hydrogen-bond acceptors (Lipinski definition) is 1. The second kappa shape index (κ2) is 24.3. The van der Waals surface area contributed by atoms with E-state index >= 15 is 0 Å². The molecule has 2 nitrogen and oxygen atoms in total. The summed E-state index contributed by atoms with van der Waals surface area (Å²) in [6.07, 6.45) is 30.5. The Kier molecular flexibility index (Phi) is 23.8. The Morgan fingerprint density at radius 2 is 0.848 bits per heavy atom. The van der Waals surface area contributed by atoms with Crippen LogP contribution in [0.15, 0.2) is 11.1 Å². The van der Waals surface area contributed by atoms with Gasteiger partial charge in [0.2, 0.25) is 0 Å². The Morgan fingerprint density at radius 1 is 0.545 bits per heavy atom. The van der Waals surface area contributed by atoms with E-state index in [1.165, 1.54) is 147 Å². The van der Waals surface area contributed by atoms with Gasteiger partial charge in [0, 0.05) is 5.57 Å². The van der Waals surface area contributed by atoms with Crippen molar-refractivity contribution in [3.05, 3.63) is 11.1 Å². The van der Waals surface area contributed by atoms with Crippen LogP contribution in [0, 0.1) is 5.92 Å². The van der Waals surface area contributed by atoms with Gasteiger partial charge in [0.1, 0.15) is 0 Å². The first-order valence-corrected chi connectivity index (χ1v) is 15.0. The number of rotatable bonds is 25. The molecule has 0 rings (SSSR count).